The van der Waals surface area contributed by atoms with Crippen molar-refractivity contribution in [1.29, 1.82) is 0 Å². The van der Waals surface area contributed by atoms with Crippen molar-refractivity contribution in [3.63, 3.8) is 0 Å². The Labute approximate surface area is 116 Å². The van der Waals surface area contributed by atoms with Gasteiger partial charge in [-0.05, 0) is 34.4 Å². The molecule has 1 aromatic carbocycles. The van der Waals surface area contributed by atoms with Gasteiger partial charge in [0.2, 0.25) is 0 Å². The number of likely N-dealkylation sites (N-methyl/N-ethyl adjacent to an activating group) is 1. The van der Waals surface area contributed by atoms with Crippen LogP contribution in [0, 0.1) is 0 Å². The molecule has 2 N–H and O–H groups in total. The van der Waals surface area contributed by atoms with Crippen LogP contribution in [0.4, 0.5) is 5.69 Å². The number of rotatable bonds is 7. The molecular formula is C15H26N2O2. The van der Waals surface area contributed by atoms with E-state index >= 15 is 0 Å². The van der Waals surface area contributed by atoms with E-state index in [0.717, 1.165) is 17.9 Å². The first kappa shape index (κ1) is 15.6. The van der Waals surface area contributed by atoms with E-state index in [9.17, 15) is 0 Å². The van der Waals surface area contributed by atoms with E-state index in [4.69, 9.17) is 15.2 Å². The van der Waals surface area contributed by atoms with Crippen LogP contribution in [-0.4, -0.2) is 37.7 Å². The molecule has 0 bridgehead atoms. The van der Waals surface area contributed by atoms with E-state index < -0.39 is 0 Å². The number of hydrogen-bond acceptors (Lipinski definition) is 4. The highest BCUT2D eigenvalue weighted by Crippen LogP contribution is 2.25. The molecule has 4 nitrogen and oxygen atoms in total. The quantitative estimate of drug-likeness (QED) is 0.771. The molecular weight excluding hydrogens is 240 g/mol. The van der Waals surface area contributed by atoms with Crippen LogP contribution in [0.2, 0.25) is 0 Å². The summed E-state index contributed by atoms with van der Waals surface area (Å²) in [7, 11) is 4.08. The monoisotopic (exact) mass is 266 g/mol. The maximum Gasteiger partial charge on any atom is 0.125 e. The van der Waals surface area contributed by atoms with Crippen molar-refractivity contribution in [2.24, 2.45) is 0 Å². The molecule has 4 heteroatoms. The van der Waals surface area contributed by atoms with Crippen LogP contribution in [0.3, 0.4) is 0 Å². The standard InChI is InChI=1S/C15H26N2O2/c1-6-7-18-13-8-12(16)9-14(10-13)19-11-15(2,3)17(4)5/h8-10H,6-7,11,16H2,1-5H3. The van der Waals surface area contributed by atoms with Gasteiger partial charge in [-0.25, -0.2) is 0 Å². The summed E-state index contributed by atoms with van der Waals surface area (Å²) in [6.45, 7) is 7.62. The highest BCUT2D eigenvalue weighted by Gasteiger charge is 2.21. The van der Waals surface area contributed by atoms with Gasteiger partial charge in [0.05, 0.1) is 6.61 Å². The molecule has 1 rings (SSSR count). The Morgan fingerprint density at radius 1 is 1.11 bits per heavy atom. The first-order valence-corrected chi connectivity index (χ1v) is 6.69. The van der Waals surface area contributed by atoms with E-state index in [1.807, 2.05) is 32.3 Å². The molecule has 0 unspecified atom stereocenters. The topological polar surface area (TPSA) is 47.7 Å². The van der Waals surface area contributed by atoms with Crippen LogP contribution in [-0.2, 0) is 0 Å². The Morgan fingerprint density at radius 2 is 1.68 bits per heavy atom. The first-order valence-electron chi connectivity index (χ1n) is 6.69. The van der Waals surface area contributed by atoms with Crippen LogP contribution in [0.25, 0.3) is 0 Å². The lowest BCUT2D eigenvalue weighted by Crippen LogP contribution is -2.43. The number of nitrogens with two attached hydrogens (primary N) is 1. The largest absolute Gasteiger partial charge is 0.493 e. The summed E-state index contributed by atoms with van der Waals surface area (Å²) in [4.78, 5) is 2.13. The second kappa shape index (κ2) is 6.66. The Balaban J connectivity index is 2.70. The number of anilines is 1. The molecule has 0 radical (unpaired) electrons. The van der Waals surface area contributed by atoms with Gasteiger partial charge >= 0.3 is 0 Å². The molecule has 0 amide bonds. The number of nitrogen functional groups attached to an aromatic ring is 1. The third kappa shape index (κ3) is 4.99. The Hall–Kier alpha value is -1.42. The smallest absolute Gasteiger partial charge is 0.125 e. The summed E-state index contributed by atoms with van der Waals surface area (Å²) in [5.41, 5.74) is 6.49. The average molecular weight is 266 g/mol. The molecule has 0 fully saturated rings. The molecule has 108 valence electrons. The summed E-state index contributed by atoms with van der Waals surface area (Å²) in [6, 6.07) is 5.53. The molecule has 0 aliphatic rings. The minimum atomic E-state index is -0.0327. The lowest BCUT2D eigenvalue weighted by Gasteiger charge is -2.32. The van der Waals surface area contributed by atoms with Gasteiger partial charge in [-0.2, -0.15) is 0 Å². The Kier molecular flexibility index (Phi) is 5.48. The molecule has 0 heterocycles. The Morgan fingerprint density at radius 3 is 2.21 bits per heavy atom. The second-order valence-electron chi connectivity index (χ2n) is 5.58. The van der Waals surface area contributed by atoms with Gasteiger partial charge < -0.3 is 20.1 Å². The van der Waals surface area contributed by atoms with Gasteiger partial charge in [0.25, 0.3) is 0 Å². The van der Waals surface area contributed by atoms with Crippen molar-refractivity contribution in [1.82, 2.24) is 4.90 Å². The lowest BCUT2D eigenvalue weighted by molar-refractivity contribution is 0.114. The van der Waals surface area contributed by atoms with Crippen molar-refractivity contribution in [3.8, 4) is 11.5 Å². The number of nitrogens with zero attached hydrogens (tertiary/aromatic N) is 1. The summed E-state index contributed by atoms with van der Waals surface area (Å²) in [6.07, 6.45) is 0.971. The zero-order valence-corrected chi connectivity index (χ0v) is 12.7. The van der Waals surface area contributed by atoms with Crippen LogP contribution < -0.4 is 15.2 Å². The predicted octanol–water partition coefficient (Wildman–Crippen LogP) is 2.78. The maximum atomic E-state index is 5.86. The zero-order valence-electron chi connectivity index (χ0n) is 12.7. The third-order valence-corrected chi connectivity index (χ3v) is 3.18. The second-order valence-corrected chi connectivity index (χ2v) is 5.58. The summed E-state index contributed by atoms with van der Waals surface area (Å²) in [5, 5.41) is 0. The number of ether oxygens (including phenoxy) is 2. The SMILES string of the molecule is CCCOc1cc(N)cc(OCC(C)(C)N(C)C)c1. The van der Waals surface area contributed by atoms with Crippen LogP contribution >= 0.6 is 0 Å². The van der Waals surface area contributed by atoms with Gasteiger partial charge in [0.1, 0.15) is 18.1 Å². The molecule has 0 aliphatic heterocycles. The summed E-state index contributed by atoms with van der Waals surface area (Å²) < 4.78 is 11.4. The third-order valence-electron chi connectivity index (χ3n) is 3.18. The number of hydrogen-bond donors (Lipinski definition) is 1. The fourth-order valence-corrected chi connectivity index (χ4v) is 1.37. The average Bonchev–Trinajstić information content (AvgIpc) is 2.33. The molecule has 19 heavy (non-hydrogen) atoms. The molecule has 1 aromatic rings. The molecule has 0 atom stereocenters. The van der Waals surface area contributed by atoms with Crippen molar-refractivity contribution in [2.45, 2.75) is 32.7 Å². The van der Waals surface area contributed by atoms with Crippen molar-refractivity contribution in [2.75, 3.05) is 33.0 Å². The van der Waals surface area contributed by atoms with Crippen LogP contribution in [0.1, 0.15) is 27.2 Å². The molecule has 0 saturated carbocycles. The molecule has 0 aromatic heterocycles. The molecule has 0 aliphatic carbocycles. The fourth-order valence-electron chi connectivity index (χ4n) is 1.37. The first-order chi connectivity index (χ1) is 8.85. The normalized spacial score (nSPS) is 11.7. The van der Waals surface area contributed by atoms with E-state index in [0.29, 0.717) is 18.9 Å². The number of benzene rings is 1. The van der Waals surface area contributed by atoms with Crippen LogP contribution in [0.15, 0.2) is 18.2 Å². The van der Waals surface area contributed by atoms with Gasteiger partial charge in [-0.3, -0.25) is 0 Å². The molecule has 0 saturated heterocycles. The summed E-state index contributed by atoms with van der Waals surface area (Å²) in [5.74, 6) is 1.51. The van der Waals surface area contributed by atoms with Crippen molar-refractivity contribution < 1.29 is 9.47 Å². The minimum absolute atomic E-state index is 0.0327. The van der Waals surface area contributed by atoms with Crippen molar-refractivity contribution in [3.05, 3.63) is 18.2 Å². The Bertz CT molecular complexity index is 403. The zero-order chi connectivity index (χ0) is 14.5. The van der Waals surface area contributed by atoms with Crippen LogP contribution in [0.5, 0.6) is 11.5 Å². The van der Waals surface area contributed by atoms with E-state index in [1.165, 1.54) is 0 Å². The lowest BCUT2D eigenvalue weighted by atomic mass is 10.1. The predicted molar refractivity (Wildman–Crippen MR) is 79.9 cm³/mol. The van der Waals surface area contributed by atoms with Crippen molar-refractivity contribution >= 4 is 5.69 Å². The van der Waals surface area contributed by atoms with Gasteiger partial charge in [0, 0.05) is 29.4 Å². The highest BCUT2D eigenvalue weighted by molar-refractivity contribution is 5.50. The van der Waals surface area contributed by atoms with Gasteiger partial charge in [-0.15, -0.1) is 0 Å². The van der Waals surface area contributed by atoms with E-state index in [2.05, 4.69) is 25.7 Å². The van der Waals surface area contributed by atoms with E-state index in [-0.39, 0.29) is 5.54 Å². The highest BCUT2D eigenvalue weighted by atomic mass is 16.5. The maximum absolute atomic E-state index is 5.86. The van der Waals surface area contributed by atoms with E-state index in [1.54, 1.807) is 0 Å². The minimum Gasteiger partial charge on any atom is -0.493 e. The summed E-state index contributed by atoms with van der Waals surface area (Å²) >= 11 is 0. The molecule has 0 spiro atoms. The van der Waals surface area contributed by atoms with Gasteiger partial charge in [-0.1, -0.05) is 6.92 Å². The van der Waals surface area contributed by atoms with Gasteiger partial charge in [0.15, 0.2) is 0 Å². The fraction of sp³-hybridized carbons (Fsp3) is 0.600.